The summed E-state index contributed by atoms with van der Waals surface area (Å²) in [6.45, 7) is 1.84. The van der Waals surface area contributed by atoms with E-state index < -0.39 is 6.04 Å². The second-order valence-corrected chi connectivity index (χ2v) is 7.97. The maximum Gasteiger partial charge on any atom is 0.277 e. The van der Waals surface area contributed by atoms with Crippen LogP contribution in [0.15, 0.2) is 58.6 Å². The zero-order valence-corrected chi connectivity index (χ0v) is 17.5. The third-order valence-electron chi connectivity index (χ3n) is 5.84. The summed E-state index contributed by atoms with van der Waals surface area (Å²) in [4.78, 5) is 20.1. The van der Waals surface area contributed by atoms with Crippen molar-refractivity contribution in [1.82, 2.24) is 20.7 Å². The van der Waals surface area contributed by atoms with Gasteiger partial charge in [-0.1, -0.05) is 36.4 Å². The summed E-state index contributed by atoms with van der Waals surface area (Å²) in [7, 11) is 3.87. The van der Waals surface area contributed by atoms with Gasteiger partial charge in [-0.05, 0) is 24.6 Å². The highest BCUT2D eigenvalue weighted by molar-refractivity contribution is 6.20. The van der Waals surface area contributed by atoms with E-state index in [1.54, 1.807) is 0 Å². The molecule has 2 aromatic carbocycles. The van der Waals surface area contributed by atoms with Crippen LogP contribution in [0.3, 0.4) is 0 Å². The number of amides is 1. The summed E-state index contributed by atoms with van der Waals surface area (Å²) in [5.41, 5.74) is 7.31. The number of carbonyl (C=O) groups excluding carboxylic acids is 1. The third kappa shape index (κ3) is 2.94. The summed E-state index contributed by atoms with van der Waals surface area (Å²) in [6, 6.07) is 17.2. The summed E-state index contributed by atoms with van der Waals surface area (Å²) in [5, 5.41) is 14.6. The number of hydrazine groups is 1. The molecule has 1 aromatic heterocycles. The van der Waals surface area contributed by atoms with Gasteiger partial charge < -0.3 is 14.6 Å². The highest BCUT2D eigenvalue weighted by Gasteiger charge is 2.49. The van der Waals surface area contributed by atoms with E-state index in [9.17, 15) is 10.1 Å². The molecular formula is C23H22N6O2. The van der Waals surface area contributed by atoms with E-state index in [2.05, 4.69) is 21.8 Å². The number of nitrogens with zero attached hydrogens (tertiary/aromatic N) is 4. The molecule has 0 radical (unpaired) electrons. The molecule has 5 rings (SSSR count). The van der Waals surface area contributed by atoms with Crippen LogP contribution in [-0.4, -0.2) is 42.2 Å². The van der Waals surface area contributed by atoms with Gasteiger partial charge in [0.05, 0.1) is 17.7 Å². The monoisotopic (exact) mass is 414 g/mol. The lowest BCUT2D eigenvalue weighted by molar-refractivity contribution is -0.130. The van der Waals surface area contributed by atoms with Crippen molar-refractivity contribution in [2.24, 2.45) is 0 Å². The maximum atomic E-state index is 13.5. The number of benzene rings is 2. The van der Waals surface area contributed by atoms with Gasteiger partial charge in [0.25, 0.3) is 5.91 Å². The molecule has 3 atom stereocenters. The first-order valence-electron chi connectivity index (χ1n) is 10.1. The van der Waals surface area contributed by atoms with Crippen molar-refractivity contribution in [3.8, 4) is 6.07 Å². The lowest BCUT2D eigenvalue weighted by Gasteiger charge is -2.34. The fraction of sp³-hybridized carbons (Fsp3) is 0.261. The first kappa shape index (κ1) is 19.2. The number of allylic oxidation sites excluding steroid dienone is 1. The summed E-state index contributed by atoms with van der Waals surface area (Å²) in [5.74, 6) is -0.218. The Labute approximate surface area is 179 Å². The van der Waals surface area contributed by atoms with Gasteiger partial charge in [0.2, 0.25) is 5.89 Å². The van der Waals surface area contributed by atoms with Crippen LogP contribution >= 0.6 is 0 Å². The van der Waals surface area contributed by atoms with Crippen LogP contribution in [0.4, 0.5) is 5.69 Å². The molecule has 2 aliphatic rings. The van der Waals surface area contributed by atoms with Crippen LogP contribution in [0.5, 0.6) is 0 Å². The number of anilines is 1. The fourth-order valence-electron chi connectivity index (χ4n) is 4.38. The Hall–Kier alpha value is -3.83. The predicted molar refractivity (Wildman–Crippen MR) is 116 cm³/mol. The molecular weight excluding hydrogens is 392 g/mol. The number of fused-ring (bicyclic) bond motifs is 2. The number of para-hydroxylation sites is 1. The molecule has 2 aliphatic heterocycles. The largest absolute Gasteiger partial charge is 0.436 e. The Morgan fingerprint density at radius 3 is 2.65 bits per heavy atom. The molecule has 2 N–H and O–H groups in total. The van der Waals surface area contributed by atoms with E-state index in [-0.39, 0.29) is 23.9 Å². The van der Waals surface area contributed by atoms with Crippen LogP contribution in [0.2, 0.25) is 0 Å². The zero-order valence-electron chi connectivity index (χ0n) is 17.5. The number of aromatic nitrogens is 1. The number of rotatable bonds is 3. The van der Waals surface area contributed by atoms with Gasteiger partial charge in [0.1, 0.15) is 23.3 Å². The molecule has 156 valence electrons. The van der Waals surface area contributed by atoms with Crippen molar-refractivity contribution in [2.75, 3.05) is 19.0 Å². The van der Waals surface area contributed by atoms with Crippen LogP contribution in [-0.2, 0) is 4.79 Å². The van der Waals surface area contributed by atoms with E-state index in [0.29, 0.717) is 22.4 Å². The molecule has 0 bridgehead atoms. The zero-order chi connectivity index (χ0) is 21.7. The normalized spacial score (nSPS) is 23.0. The molecule has 1 saturated heterocycles. The number of nitrogens with one attached hydrogen (secondary N) is 2. The first-order valence-corrected chi connectivity index (χ1v) is 10.1. The molecule has 3 heterocycles. The van der Waals surface area contributed by atoms with Crippen molar-refractivity contribution < 1.29 is 9.21 Å². The average molecular weight is 414 g/mol. The molecule has 0 aliphatic carbocycles. The predicted octanol–water partition coefficient (Wildman–Crippen LogP) is 2.58. The Balaban J connectivity index is 1.57. The van der Waals surface area contributed by atoms with Gasteiger partial charge >= 0.3 is 0 Å². The molecule has 1 amide bonds. The van der Waals surface area contributed by atoms with Crippen molar-refractivity contribution in [1.29, 1.82) is 5.26 Å². The van der Waals surface area contributed by atoms with E-state index >= 15 is 0 Å². The molecule has 3 unspecified atom stereocenters. The van der Waals surface area contributed by atoms with Gasteiger partial charge in [-0.15, -0.1) is 0 Å². The molecule has 8 heteroatoms. The van der Waals surface area contributed by atoms with Crippen LogP contribution in [0.1, 0.15) is 24.3 Å². The Kier molecular flexibility index (Phi) is 4.41. The summed E-state index contributed by atoms with van der Waals surface area (Å²) < 4.78 is 5.98. The van der Waals surface area contributed by atoms with Crippen LogP contribution in [0.25, 0.3) is 16.7 Å². The minimum Gasteiger partial charge on any atom is -0.436 e. The Morgan fingerprint density at radius 1 is 1.16 bits per heavy atom. The molecule has 0 saturated carbocycles. The number of hydrogen-bond donors (Lipinski definition) is 2. The van der Waals surface area contributed by atoms with E-state index in [4.69, 9.17) is 4.42 Å². The standard InChI is InChI=1S/C23H22N6O2/c1-13-18(22-26-20-16(28(2)3)10-7-11-17(20)31-22)23(30)29-21(25-13)19(15(12-24)27-29)14-8-5-4-6-9-14/h4-11,15,19,21,25,27H,1-3H3. The van der Waals surface area contributed by atoms with Gasteiger partial charge in [-0.3, -0.25) is 4.79 Å². The highest BCUT2D eigenvalue weighted by atomic mass is 16.3. The number of hydrogen-bond acceptors (Lipinski definition) is 7. The SMILES string of the molecule is CC1=C(c2nc3c(N(C)C)cccc3o2)C(=O)N2NC(C#N)C(c3ccccc3)C2N1. The maximum absolute atomic E-state index is 13.5. The lowest BCUT2D eigenvalue weighted by atomic mass is 9.90. The van der Waals surface area contributed by atoms with Crippen LogP contribution < -0.4 is 15.6 Å². The quantitative estimate of drug-likeness (QED) is 0.680. The summed E-state index contributed by atoms with van der Waals surface area (Å²) in [6.07, 6.45) is -0.384. The van der Waals surface area contributed by atoms with E-state index in [1.807, 2.05) is 74.4 Å². The number of nitriles is 1. The van der Waals surface area contributed by atoms with Gasteiger partial charge in [0, 0.05) is 19.8 Å². The van der Waals surface area contributed by atoms with Crippen LogP contribution in [0, 0.1) is 11.3 Å². The first-order chi connectivity index (χ1) is 15.0. The van der Waals surface area contributed by atoms with Crippen molar-refractivity contribution >= 4 is 28.3 Å². The smallest absolute Gasteiger partial charge is 0.277 e. The topological polar surface area (TPSA) is 97.4 Å². The molecule has 3 aromatic rings. The number of carbonyl (C=O) groups is 1. The fourth-order valence-corrected chi connectivity index (χ4v) is 4.38. The Bertz CT molecular complexity index is 1240. The van der Waals surface area contributed by atoms with Gasteiger partial charge in [-0.2, -0.15) is 5.26 Å². The lowest BCUT2D eigenvalue weighted by Crippen LogP contribution is -2.54. The molecule has 31 heavy (non-hydrogen) atoms. The van der Waals surface area contributed by atoms with Crippen molar-refractivity contribution in [3.05, 3.63) is 65.7 Å². The minimum atomic E-state index is -0.542. The van der Waals surface area contributed by atoms with Gasteiger partial charge in [-0.25, -0.2) is 15.4 Å². The third-order valence-corrected chi connectivity index (χ3v) is 5.84. The van der Waals surface area contributed by atoms with E-state index in [0.717, 1.165) is 11.3 Å². The van der Waals surface area contributed by atoms with Gasteiger partial charge in [0.15, 0.2) is 5.58 Å². The second kappa shape index (κ2) is 7.15. The molecule has 8 nitrogen and oxygen atoms in total. The second-order valence-electron chi connectivity index (χ2n) is 7.97. The minimum absolute atomic E-state index is 0.212. The van der Waals surface area contributed by atoms with Crippen molar-refractivity contribution in [2.45, 2.75) is 25.0 Å². The summed E-state index contributed by atoms with van der Waals surface area (Å²) >= 11 is 0. The number of oxazole rings is 1. The van der Waals surface area contributed by atoms with Crippen molar-refractivity contribution in [3.63, 3.8) is 0 Å². The average Bonchev–Trinajstić information content (AvgIpc) is 3.35. The molecule has 0 spiro atoms. The Morgan fingerprint density at radius 2 is 1.94 bits per heavy atom. The highest BCUT2D eigenvalue weighted by Crippen LogP contribution is 2.37. The molecule has 1 fully saturated rings. The van der Waals surface area contributed by atoms with E-state index in [1.165, 1.54) is 5.01 Å².